The molecule has 0 aliphatic carbocycles. The normalized spacial score (nSPS) is 15.8. The third kappa shape index (κ3) is 3.72. The van der Waals surface area contributed by atoms with Crippen molar-refractivity contribution in [1.82, 2.24) is 14.8 Å². The number of fused-ring (bicyclic) bond motifs is 1. The second-order valence-electron chi connectivity index (χ2n) is 6.33. The SMILES string of the molecule is OCCCc1nc2n(n1)[C@@H](c1ccc(Cl)cc1)C=C(c1ccc(F)cc1)N2. The molecule has 2 aromatic carbocycles. The number of aliphatic hydroxyl groups excluding tert-OH is 1. The van der Waals surface area contributed by atoms with E-state index in [1.54, 1.807) is 12.1 Å². The molecule has 0 unspecified atom stereocenters. The molecule has 1 aromatic heterocycles. The summed E-state index contributed by atoms with van der Waals surface area (Å²) in [6.45, 7) is 0.0942. The number of allylic oxidation sites excluding steroid dienone is 1. The molecule has 7 heteroatoms. The first kappa shape index (κ1) is 17.7. The predicted molar refractivity (Wildman–Crippen MR) is 103 cm³/mol. The maximum atomic E-state index is 13.3. The minimum atomic E-state index is -0.279. The van der Waals surface area contributed by atoms with Crippen LogP contribution in [0.3, 0.4) is 0 Å². The molecule has 4 rings (SSSR count). The molecule has 0 radical (unpaired) electrons. The van der Waals surface area contributed by atoms with Crippen molar-refractivity contribution in [3.8, 4) is 0 Å². The third-order valence-corrected chi connectivity index (χ3v) is 4.69. The quantitative estimate of drug-likeness (QED) is 0.696. The van der Waals surface area contributed by atoms with E-state index in [1.807, 2.05) is 35.0 Å². The Kier molecular flexibility index (Phi) is 4.92. The Morgan fingerprint density at radius 2 is 1.85 bits per heavy atom. The van der Waals surface area contributed by atoms with Crippen LogP contribution in [0, 0.1) is 5.82 Å². The van der Waals surface area contributed by atoms with E-state index in [0.29, 0.717) is 29.6 Å². The van der Waals surface area contributed by atoms with Gasteiger partial charge in [0.25, 0.3) is 0 Å². The van der Waals surface area contributed by atoms with Crippen molar-refractivity contribution >= 4 is 23.2 Å². The number of nitrogens with zero attached hydrogens (tertiary/aromatic N) is 3. The van der Waals surface area contributed by atoms with E-state index in [4.69, 9.17) is 16.7 Å². The summed E-state index contributed by atoms with van der Waals surface area (Å²) in [5.41, 5.74) is 2.71. The molecular formula is C20H18ClFN4O. The molecule has 1 atom stereocenters. The van der Waals surface area contributed by atoms with Gasteiger partial charge in [-0.15, -0.1) is 0 Å². The van der Waals surface area contributed by atoms with E-state index in [1.165, 1.54) is 12.1 Å². The van der Waals surface area contributed by atoms with Crippen LogP contribution < -0.4 is 5.32 Å². The van der Waals surface area contributed by atoms with Crippen molar-refractivity contribution in [3.05, 3.63) is 82.4 Å². The standard InChI is InChI=1S/C20H18ClFN4O/c21-15-7-3-14(4-8-15)18-12-17(13-5-9-16(22)10-6-13)23-20-24-19(2-1-11-27)25-26(18)20/h3-10,12,18,27H,1-2,11H2,(H,23,24,25)/t18-/m1/s1. The first-order valence-electron chi connectivity index (χ1n) is 8.70. The molecule has 0 spiro atoms. The monoisotopic (exact) mass is 384 g/mol. The number of halogens is 2. The van der Waals surface area contributed by atoms with E-state index in [2.05, 4.69) is 15.4 Å². The lowest BCUT2D eigenvalue weighted by Gasteiger charge is -2.24. The minimum Gasteiger partial charge on any atom is -0.396 e. The van der Waals surface area contributed by atoms with Gasteiger partial charge < -0.3 is 10.4 Å². The molecule has 138 valence electrons. The molecule has 0 saturated heterocycles. The lowest BCUT2D eigenvalue weighted by Crippen LogP contribution is -2.20. The van der Waals surface area contributed by atoms with Crippen LogP contribution in [0.15, 0.2) is 54.6 Å². The first-order chi connectivity index (χ1) is 13.1. The number of aliphatic hydroxyl groups is 1. The van der Waals surface area contributed by atoms with Crippen LogP contribution in [-0.2, 0) is 6.42 Å². The van der Waals surface area contributed by atoms with E-state index in [0.717, 1.165) is 16.8 Å². The van der Waals surface area contributed by atoms with Gasteiger partial charge >= 0.3 is 0 Å². The van der Waals surface area contributed by atoms with Gasteiger partial charge in [0.2, 0.25) is 5.95 Å². The van der Waals surface area contributed by atoms with Crippen molar-refractivity contribution in [2.75, 3.05) is 11.9 Å². The molecule has 5 nitrogen and oxygen atoms in total. The molecule has 27 heavy (non-hydrogen) atoms. The average molecular weight is 385 g/mol. The molecule has 0 fully saturated rings. The van der Waals surface area contributed by atoms with E-state index >= 15 is 0 Å². The maximum Gasteiger partial charge on any atom is 0.226 e. The van der Waals surface area contributed by atoms with Crippen molar-refractivity contribution in [3.63, 3.8) is 0 Å². The zero-order valence-corrected chi connectivity index (χ0v) is 15.2. The van der Waals surface area contributed by atoms with Crippen LogP contribution in [0.25, 0.3) is 5.70 Å². The summed E-state index contributed by atoms with van der Waals surface area (Å²) in [6, 6.07) is 13.7. The summed E-state index contributed by atoms with van der Waals surface area (Å²) in [6.07, 6.45) is 3.23. The summed E-state index contributed by atoms with van der Waals surface area (Å²) in [5.74, 6) is 1.00. The highest BCUT2D eigenvalue weighted by molar-refractivity contribution is 6.30. The molecular weight excluding hydrogens is 367 g/mol. The number of hydrogen-bond donors (Lipinski definition) is 2. The number of nitrogens with one attached hydrogen (secondary N) is 1. The second kappa shape index (κ2) is 7.50. The van der Waals surface area contributed by atoms with Crippen LogP contribution in [-0.4, -0.2) is 26.5 Å². The number of anilines is 1. The molecule has 3 aromatic rings. The van der Waals surface area contributed by atoms with Gasteiger partial charge in [-0.2, -0.15) is 10.1 Å². The summed E-state index contributed by atoms with van der Waals surface area (Å²) in [4.78, 5) is 4.56. The minimum absolute atomic E-state index is 0.0942. The molecule has 1 aliphatic heterocycles. The van der Waals surface area contributed by atoms with Gasteiger partial charge in [0.15, 0.2) is 5.82 Å². The Morgan fingerprint density at radius 1 is 1.11 bits per heavy atom. The Labute approximate surface area is 161 Å². The van der Waals surface area contributed by atoms with Crippen LogP contribution >= 0.6 is 11.6 Å². The fraction of sp³-hybridized carbons (Fsp3) is 0.200. The molecule has 2 N–H and O–H groups in total. The van der Waals surface area contributed by atoms with Crippen molar-refractivity contribution < 1.29 is 9.50 Å². The maximum absolute atomic E-state index is 13.3. The van der Waals surface area contributed by atoms with Gasteiger partial charge in [0, 0.05) is 23.7 Å². The van der Waals surface area contributed by atoms with Crippen molar-refractivity contribution in [1.29, 1.82) is 0 Å². The molecule has 0 saturated carbocycles. The van der Waals surface area contributed by atoms with Gasteiger partial charge in [-0.25, -0.2) is 9.07 Å². The zero-order chi connectivity index (χ0) is 18.8. The second-order valence-corrected chi connectivity index (χ2v) is 6.77. The van der Waals surface area contributed by atoms with Gasteiger partial charge in [-0.1, -0.05) is 23.7 Å². The Bertz CT molecular complexity index is 967. The summed E-state index contributed by atoms with van der Waals surface area (Å²) >= 11 is 6.03. The Balaban J connectivity index is 1.76. The Hall–Kier alpha value is -2.70. The predicted octanol–water partition coefficient (Wildman–Crippen LogP) is 4.05. The van der Waals surface area contributed by atoms with Gasteiger partial charge in [-0.05, 0) is 60.0 Å². The van der Waals surface area contributed by atoms with E-state index in [-0.39, 0.29) is 18.5 Å². The van der Waals surface area contributed by atoms with Gasteiger partial charge in [-0.3, -0.25) is 0 Å². The highest BCUT2D eigenvalue weighted by Crippen LogP contribution is 2.33. The number of benzene rings is 2. The van der Waals surface area contributed by atoms with Crippen LogP contribution in [0.5, 0.6) is 0 Å². The lowest BCUT2D eigenvalue weighted by atomic mass is 10.0. The topological polar surface area (TPSA) is 63.0 Å². The van der Waals surface area contributed by atoms with Gasteiger partial charge in [0.1, 0.15) is 11.9 Å². The largest absolute Gasteiger partial charge is 0.396 e. The van der Waals surface area contributed by atoms with Gasteiger partial charge in [0.05, 0.1) is 0 Å². The van der Waals surface area contributed by atoms with Crippen LogP contribution in [0.1, 0.15) is 29.4 Å². The first-order valence-corrected chi connectivity index (χ1v) is 9.08. The summed E-state index contributed by atoms with van der Waals surface area (Å²) in [5, 5.41) is 17.6. The average Bonchev–Trinajstić information content (AvgIpc) is 3.10. The van der Waals surface area contributed by atoms with Crippen molar-refractivity contribution in [2.24, 2.45) is 0 Å². The lowest BCUT2D eigenvalue weighted by molar-refractivity contribution is 0.287. The Morgan fingerprint density at radius 3 is 2.56 bits per heavy atom. The third-order valence-electron chi connectivity index (χ3n) is 4.43. The van der Waals surface area contributed by atoms with Crippen molar-refractivity contribution in [2.45, 2.75) is 18.9 Å². The highest BCUT2D eigenvalue weighted by Gasteiger charge is 2.25. The molecule has 0 bridgehead atoms. The number of hydrogen-bond acceptors (Lipinski definition) is 4. The fourth-order valence-electron chi connectivity index (χ4n) is 3.08. The smallest absolute Gasteiger partial charge is 0.226 e. The molecule has 2 heterocycles. The molecule has 1 aliphatic rings. The number of rotatable bonds is 5. The highest BCUT2D eigenvalue weighted by atomic mass is 35.5. The summed E-state index contributed by atoms with van der Waals surface area (Å²) < 4.78 is 15.1. The zero-order valence-electron chi connectivity index (χ0n) is 14.4. The number of aryl methyl sites for hydroxylation is 1. The fourth-order valence-corrected chi connectivity index (χ4v) is 3.20. The van der Waals surface area contributed by atoms with Crippen LogP contribution in [0.2, 0.25) is 5.02 Å². The van der Waals surface area contributed by atoms with E-state index < -0.39 is 0 Å². The molecule has 0 amide bonds. The summed E-state index contributed by atoms with van der Waals surface area (Å²) in [7, 11) is 0. The van der Waals surface area contributed by atoms with Crippen LogP contribution in [0.4, 0.5) is 10.3 Å². The number of aromatic nitrogens is 3. The van der Waals surface area contributed by atoms with E-state index in [9.17, 15) is 4.39 Å².